The van der Waals surface area contributed by atoms with Gasteiger partial charge in [-0.1, -0.05) is 23.2 Å². The number of hydrogen-bond acceptors (Lipinski definition) is 2. The van der Waals surface area contributed by atoms with E-state index in [0.29, 0.717) is 22.3 Å². The van der Waals surface area contributed by atoms with Gasteiger partial charge in [-0.05, 0) is 43.7 Å². The van der Waals surface area contributed by atoms with Gasteiger partial charge in [-0.15, -0.1) is 0 Å². The van der Waals surface area contributed by atoms with E-state index in [1.54, 1.807) is 18.2 Å². The van der Waals surface area contributed by atoms with Gasteiger partial charge >= 0.3 is 0 Å². The van der Waals surface area contributed by atoms with E-state index in [4.69, 9.17) is 27.9 Å². The summed E-state index contributed by atoms with van der Waals surface area (Å²) >= 11 is 11.8. The second-order valence-corrected chi connectivity index (χ2v) is 5.59. The van der Waals surface area contributed by atoms with Crippen LogP contribution in [0.25, 0.3) is 0 Å². The fraction of sp³-hybridized carbons (Fsp3) is 0.267. The number of ether oxygens (including phenoxy) is 1. The molecule has 0 unspecified atom stereocenters. The Morgan fingerprint density at radius 2 is 2.05 bits per heavy atom. The van der Waals surface area contributed by atoms with E-state index in [9.17, 15) is 4.79 Å². The summed E-state index contributed by atoms with van der Waals surface area (Å²) in [7, 11) is 0. The van der Waals surface area contributed by atoms with Crippen LogP contribution >= 0.6 is 23.2 Å². The van der Waals surface area contributed by atoms with Crippen LogP contribution in [0.4, 0.5) is 0 Å². The van der Waals surface area contributed by atoms with Gasteiger partial charge in [0.05, 0.1) is 5.02 Å². The molecule has 4 nitrogen and oxygen atoms in total. The lowest BCUT2D eigenvalue weighted by atomic mass is 10.2. The number of amides is 1. The molecular formula is C15H16Cl2N2O2. The summed E-state index contributed by atoms with van der Waals surface area (Å²) in [4.78, 5) is 15.0. The molecule has 0 bridgehead atoms. The average Bonchev–Trinajstić information content (AvgIpc) is 2.73. The van der Waals surface area contributed by atoms with E-state index < -0.39 is 0 Å². The molecule has 21 heavy (non-hydrogen) atoms. The first-order valence-corrected chi connectivity index (χ1v) is 7.21. The Kier molecular flexibility index (Phi) is 5.15. The molecule has 2 rings (SSSR count). The highest BCUT2D eigenvalue weighted by Crippen LogP contribution is 2.27. The molecule has 0 fully saturated rings. The molecule has 0 radical (unpaired) electrons. The van der Waals surface area contributed by atoms with E-state index in [-0.39, 0.29) is 12.5 Å². The number of H-pyrrole nitrogens is 1. The van der Waals surface area contributed by atoms with Gasteiger partial charge in [0.1, 0.15) is 5.75 Å². The predicted molar refractivity (Wildman–Crippen MR) is 84.1 cm³/mol. The number of aryl methyl sites for hydroxylation is 2. The number of carbonyl (C=O) groups excluding carboxylic acids is 1. The van der Waals surface area contributed by atoms with Gasteiger partial charge in [0.25, 0.3) is 5.91 Å². The Bertz CT molecular complexity index is 653. The topological polar surface area (TPSA) is 54.1 Å². The Balaban J connectivity index is 1.83. The van der Waals surface area contributed by atoms with E-state index in [2.05, 4.69) is 10.3 Å². The maximum absolute atomic E-state index is 11.8. The monoisotopic (exact) mass is 326 g/mol. The molecule has 0 aliphatic heterocycles. The molecule has 0 aliphatic rings. The molecule has 2 aromatic rings. The molecule has 112 valence electrons. The lowest BCUT2D eigenvalue weighted by Crippen LogP contribution is -2.28. The van der Waals surface area contributed by atoms with Gasteiger partial charge in [-0.2, -0.15) is 0 Å². The molecule has 1 aromatic heterocycles. The smallest absolute Gasteiger partial charge is 0.258 e. The van der Waals surface area contributed by atoms with Crippen molar-refractivity contribution >= 4 is 29.1 Å². The predicted octanol–water partition coefficient (Wildman–Crippen LogP) is 3.63. The van der Waals surface area contributed by atoms with Crippen LogP contribution in [0.15, 0.2) is 24.3 Å². The molecule has 2 N–H and O–H groups in total. The average molecular weight is 327 g/mol. The van der Waals surface area contributed by atoms with Crippen molar-refractivity contribution in [3.8, 4) is 5.75 Å². The van der Waals surface area contributed by atoms with Crippen LogP contribution in [-0.4, -0.2) is 17.5 Å². The van der Waals surface area contributed by atoms with Gasteiger partial charge in [0.2, 0.25) is 0 Å². The SMILES string of the molecule is Cc1cc(CNC(=O)COc2ccc(Cl)cc2Cl)c(C)[nH]1. The normalized spacial score (nSPS) is 10.5. The highest BCUT2D eigenvalue weighted by atomic mass is 35.5. The molecule has 0 atom stereocenters. The quantitative estimate of drug-likeness (QED) is 0.881. The molecule has 1 aromatic carbocycles. The fourth-order valence-corrected chi connectivity index (χ4v) is 2.41. The number of halogens is 2. The zero-order valence-corrected chi connectivity index (χ0v) is 13.3. The number of aromatic nitrogens is 1. The van der Waals surface area contributed by atoms with Crippen LogP contribution in [0.5, 0.6) is 5.75 Å². The maximum atomic E-state index is 11.8. The van der Waals surface area contributed by atoms with Crippen LogP contribution in [-0.2, 0) is 11.3 Å². The molecule has 6 heteroatoms. The number of carbonyl (C=O) groups is 1. The number of rotatable bonds is 5. The zero-order valence-electron chi connectivity index (χ0n) is 11.8. The van der Waals surface area contributed by atoms with E-state index in [0.717, 1.165) is 17.0 Å². The number of nitrogens with one attached hydrogen (secondary N) is 2. The van der Waals surface area contributed by atoms with Crippen molar-refractivity contribution in [1.82, 2.24) is 10.3 Å². The van der Waals surface area contributed by atoms with E-state index >= 15 is 0 Å². The van der Waals surface area contributed by atoms with Gasteiger partial charge in [-0.3, -0.25) is 4.79 Å². The van der Waals surface area contributed by atoms with Gasteiger partial charge in [0, 0.05) is 23.0 Å². The molecule has 0 aliphatic carbocycles. The summed E-state index contributed by atoms with van der Waals surface area (Å²) in [6, 6.07) is 6.87. The van der Waals surface area contributed by atoms with Gasteiger partial charge in [0.15, 0.2) is 6.61 Å². The largest absolute Gasteiger partial charge is 0.482 e. The summed E-state index contributed by atoms with van der Waals surface area (Å²) in [6.07, 6.45) is 0. The minimum atomic E-state index is -0.209. The second-order valence-electron chi connectivity index (χ2n) is 4.74. The van der Waals surface area contributed by atoms with E-state index in [1.165, 1.54) is 0 Å². The summed E-state index contributed by atoms with van der Waals surface area (Å²) in [5, 5.41) is 3.71. The first-order valence-electron chi connectivity index (χ1n) is 6.45. The molecule has 1 heterocycles. The van der Waals surface area contributed by atoms with Crippen molar-refractivity contribution < 1.29 is 9.53 Å². The van der Waals surface area contributed by atoms with Crippen LogP contribution in [0.2, 0.25) is 10.0 Å². The maximum Gasteiger partial charge on any atom is 0.258 e. The summed E-state index contributed by atoms with van der Waals surface area (Å²) in [6.45, 7) is 4.32. The molecule has 1 amide bonds. The Labute approximate surface area is 133 Å². The zero-order chi connectivity index (χ0) is 15.4. The van der Waals surface area contributed by atoms with Gasteiger partial charge < -0.3 is 15.0 Å². The van der Waals surface area contributed by atoms with Crippen molar-refractivity contribution in [2.45, 2.75) is 20.4 Å². The highest BCUT2D eigenvalue weighted by Gasteiger charge is 2.08. The van der Waals surface area contributed by atoms with Crippen LogP contribution < -0.4 is 10.1 Å². The fourth-order valence-electron chi connectivity index (χ4n) is 1.95. The van der Waals surface area contributed by atoms with Crippen molar-refractivity contribution in [2.75, 3.05) is 6.61 Å². The highest BCUT2D eigenvalue weighted by molar-refractivity contribution is 6.35. The van der Waals surface area contributed by atoms with E-state index in [1.807, 2.05) is 19.9 Å². The molecule has 0 saturated heterocycles. The number of aromatic amines is 1. The molecule has 0 spiro atoms. The Hall–Kier alpha value is -1.65. The lowest BCUT2D eigenvalue weighted by molar-refractivity contribution is -0.123. The van der Waals surface area contributed by atoms with Crippen molar-refractivity contribution in [3.05, 3.63) is 51.3 Å². The summed E-state index contributed by atoms with van der Waals surface area (Å²) in [5.74, 6) is 0.226. The standard InChI is InChI=1S/C15H16Cl2N2O2/c1-9-5-11(10(2)19-9)7-18-15(20)8-21-14-4-3-12(16)6-13(14)17/h3-6,19H,7-8H2,1-2H3,(H,18,20). The third kappa shape index (κ3) is 4.41. The number of hydrogen-bond donors (Lipinski definition) is 2. The summed E-state index contributed by atoms with van der Waals surface area (Å²) < 4.78 is 5.37. The number of benzene rings is 1. The van der Waals surface area contributed by atoms with Crippen molar-refractivity contribution in [3.63, 3.8) is 0 Å². The minimum Gasteiger partial charge on any atom is -0.482 e. The van der Waals surface area contributed by atoms with Crippen LogP contribution in [0.3, 0.4) is 0 Å². The molecule has 0 saturated carbocycles. The summed E-state index contributed by atoms with van der Waals surface area (Å²) in [5.41, 5.74) is 3.18. The minimum absolute atomic E-state index is 0.0934. The lowest BCUT2D eigenvalue weighted by Gasteiger charge is -2.09. The van der Waals surface area contributed by atoms with Crippen molar-refractivity contribution in [2.24, 2.45) is 0 Å². The Morgan fingerprint density at radius 3 is 2.67 bits per heavy atom. The third-order valence-corrected chi connectivity index (χ3v) is 3.52. The third-order valence-electron chi connectivity index (χ3n) is 2.99. The Morgan fingerprint density at radius 1 is 1.29 bits per heavy atom. The molecular weight excluding hydrogens is 311 g/mol. The second kappa shape index (κ2) is 6.87. The first-order chi connectivity index (χ1) is 9.95. The first kappa shape index (κ1) is 15.7. The van der Waals surface area contributed by atoms with Crippen molar-refractivity contribution in [1.29, 1.82) is 0 Å². The van der Waals surface area contributed by atoms with Gasteiger partial charge in [-0.25, -0.2) is 0 Å². The van der Waals surface area contributed by atoms with Crippen LogP contribution in [0, 0.1) is 13.8 Å². The van der Waals surface area contributed by atoms with Crippen LogP contribution in [0.1, 0.15) is 17.0 Å².